The van der Waals surface area contributed by atoms with Gasteiger partial charge in [0.25, 0.3) is 11.5 Å². The molecule has 33 heavy (non-hydrogen) atoms. The van der Waals surface area contributed by atoms with Crippen LogP contribution in [0.2, 0.25) is 0 Å². The van der Waals surface area contributed by atoms with Crippen LogP contribution in [0.3, 0.4) is 0 Å². The SMILES string of the molecule is COC(=O)c1ccc(C(=O)OC)c(NC(=O)c2cnc3scc(-c4ccccc4)n3c2=O)c1. The zero-order valence-electron chi connectivity index (χ0n) is 17.5. The maximum absolute atomic E-state index is 13.2. The Bertz CT molecular complexity index is 1440. The number of fused-ring (bicyclic) bond motifs is 1. The third kappa shape index (κ3) is 4.11. The predicted molar refractivity (Wildman–Crippen MR) is 122 cm³/mol. The van der Waals surface area contributed by atoms with Gasteiger partial charge in [-0.15, -0.1) is 11.3 Å². The summed E-state index contributed by atoms with van der Waals surface area (Å²) in [7, 11) is 2.40. The van der Waals surface area contributed by atoms with Crippen molar-refractivity contribution < 1.29 is 23.9 Å². The van der Waals surface area contributed by atoms with E-state index >= 15 is 0 Å². The second-order valence-electron chi connectivity index (χ2n) is 6.78. The van der Waals surface area contributed by atoms with E-state index in [0.29, 0.717) is 10.7 Å². The molecule has 0 spiro atoms. The number of amides is 1. The van der Waals surface area contributed by atoms with Gasteiger partial charge in [-0.05, 0) is 23.8 Å². The van der Waals surface area contributed by atoms with Crippen molar-refractivity contribution in [3.8, 4) is 11.3 Å². The Hall–Kier alpha value is -4.31. The molecule has 0 aliphatic rings. The van der Waals surface area contributed by atoms with Crippen LogP contribution >= 0.6 is 11.3 Å². The number of rotatable bonds is 5. The molecule has 0 aliphatic heterocycles. The van der Waals surface area contributed by atoms with E-state index < -0.39 is 23.4 Å². The largest absolute Gasteiger partial charge is 0.465 e. The van der Waals surface area contributed by atoms with Crippen molar-refractivity contribution in [1.29, 1.82) is 0 Å². The van der Waals surface area contributed by atoms with Crippen molar-refractivity contribution in [2.24, 2.45) is 0 Å². The Morgan fingerprint density at radius 2 is 1.70 bits per heavy atom. The van der Waals surface area contributed by atoms with Crippen molar-refractivity contribution in [3.05, 3.63) is 87.2 Å². The lowest BCUT2D eigenvalue weighted by Gasteiger charge is -2.11. The molecule has 0 unspecified atom stereocenters. The first kappa shape index (κ1) is 21.9. The molecule has 0 bridgehead atoms. The molecule has 0 fully saturated rings. The Morgan fingerprint density at radius 1 is 0.970 bits per heavy atom. The highest BCUT2D eigenvalue weighted by Crippen LogP contribution is 2.24. The second-order valence-corrected chi connectivity index (χ2v) is 7.62. The molecule has 0 atom stereocenters. The Morgan fingerprint density at radius 3 is 2.39 bits per heavy atom. The van der Waals surface area contributed by atoms with Gasteiger partial charge in [-0.2, -0.15) is 0 Å². The standard InChI is InChI=1S/C23H17N3O6S/c1-31-21(29)14-8-9-15(22(30)32-2)17(10-14)25-19(27)16-11-24-23-26(20(16)28)18(12-33-23)13-6-4-3-5-7-13/h3-12H,1-2H3,(H,25,27). The molecule has 0 radical (unpaired) electrons. The van der Waals surface area contributed by atoms with Crippen LogP contribution in [0, 0.1) is 0 Å². The lowest BCUT2D eigenvalue weighted by Crippen LogP contribution is -2.27. The molecule has 2 aromatic carbocycles. The van der Waals surface area contributed by atoms with Crippen molar-refractivity contribution in [2.75, 3.05) is 19.5 Å². The highest BCUT2D eigenvalue weighted by Gasteiger charge is 2.21. The van der Waals surface area contributed by atoms with E-state index in [4.69, 9.17) is 9.47 Å². The molecular weight excluding hydrogens is 446 g/mol. The average Bonchev–Trinajstić information content (AvgIpc) is 3.29. The molecule has 2 heterocycles. The second kappa shape index (κ2) is 9.05. The number of ether oxygens (including phenoxy) is 2. The minimum Gasteiger partial charge on any atom is -0.465 e. The van der Waals surface area contributed by atoms with E-state index in [-0.39, 0.29) is 22.4 Å². The van der Waals surface area contributed by atoms with E-state index in [1.807, 2.05) is 30.3 Å². The molecule has 4 rings (SSSR count). The van der Waals surface area contributed by atoms with Crippen LogP contribution in [0.15, 0.2) is 64.9 Å². The number of benzene rings is 2. The normalized spacial score (nSPS) is 10.6. The number of hydrogen-bond donors (Lipinski definition) is 1. The zero-order valence-corrected chi connectivity index (χ0v) is 18.3. The predicted octanol–water partition coefficient (Wildman–Crippen LogP) is 3.25. The number of methoxy groups -OCH3 is 2. The van der Waals surface area contributed by atoms with Gasteiger partial charge in [0.2, 0.25) is 0 Å². The van der Waals surface area contributed by atoms with Gasteiger partial charge in [-0.3, -0.25) is 14.0 Å². The summed E-state index contributed by atoms with van der Waals surface area (Å²) in [6.45, 7) is 0. The number of nitrogens with one attached hydrogen (secondary N) is 1. The van der Waals surface area contributed by atoms with Crippen LogP contribution in [0.1, 0.15) is 31.1 Å². The van der Waals surface area contributed by atoms with E-state index in [2.05, 4.69) is 10.3 Å². The van der Waals surface area contributed by atoms with Crippen LogP contribution < -0.4 is 10.9 Å². The van der Waals surface area contributed by atoms with Gasteiger partial charge in [0.15, 0.2) is 4.96 Å². The average molecular weight is 463 g/mol. The number of thiazole rings is 1. The van der Waals surface area contributed by atoms with E-state index in [1.165, 1.54) is 54.4 Å². The minimum absolute atomic E-state index is 0.00662. The number of nitrogens with zero attached hydrogens (tertiary/aromatic N) is 2. The fourth-order valence-electron chi connectivity index (χ4n) is 3.23. The van der Waals surface area contributed by atoms with Crippen molar-refractivity contribution >= 4 is 39.8 Å². The molecule has 2 aromatic heterocycles. The van der Waals surface area contributed by atoms with E-state index in [9.17, 15) is 19.2 Å². The summed E-state index contributed by atoms with van der Waals surface area (Å²) < 4.78 is 10.8. The van der Waals surface area contributed by atoms with Crippen molar-refractivity contribution in [2.45, 2.75) is 0 Å². The first-order valence-corrected chi connectivity index (χ1v) is 10.5. The molecular formula is C23H17N3O6S. The first-order chi connectivity index (χ1) is 15.9. The number of esters is 2. The summed E-state index contributed by atoms with van der Waals surface area (Å²) in [5.74, 6) is -2.17. The molecule has 1 N–H and O–H groups in total. The van der Waals surface area contributed by atoms with Gasteiger partial charge in [0.1, 0.15) is 5.56 Å². The van der Waals surface area contributed by atoms with Crippen LogP contribution in [0.5, 0.6) is 0 Å². The van der Waals surface area contributed by atoms with Gasteiger partial charge in [-0.25, -0.2) is 14.6 Å². The number of carbonyl (C=O) groups excluding carboxylic acids is 3. The molecule has 9 nitrogen and oxygen atoms in total. The van der Waals surface area contributed by atoms with Gasteiger partial charge in [-0.1, -0.05) is 30.3 Å². The number of hydrogen-bond acceptors (Lipinski definition) is 8. The Balaban J connectivity index is 1.77. The van der Waals surface area contributed by atoms with Crippen molar-refractivity contribution in [3.63, 3.8) is 0 Å². The minimum atomic E-state index is -0.792. The lowest BCUT2D eigenvalue weighted by molar-refractivity contribution is 0.0587. The Kier molecular flexibility index (Phi) is 6.01. The molecule has 4 aromatic rings. The van der Waals surface area contributed by atoms with Crippen LogP contribution in [0.4, 0.5) is 5.69 Å². The molecule has 166 valence electrons. The van der Waals surface area contributed by atoms with Crippen LogP contribution in [0.25, 0.3) is 16.2 Å². The maximum atomic E-state index is 13.2. The van der Waals surface area contributed by atoms with Gasteiger partial charge in [0, 0.05) is 11.6 Å². The summed E-state index contributed by atoms with van der Waals surface area (Å²) in [6.07, 6.45) is 1.18. The summed E-state index contributed by atoms with van der Waals surface area (Å²) in [5.41, 5.74) is 0.703. The molecule has 10 heteroatoms. The number of anilines is 1. The fourth-order valence-corrected chi connectivity index (χ4v) is 4.09. The van der Waals surface area contributed by atoms with Gasteiger partial charge >= 0.3 is 11.9 Å². The summed E-state index contributed by atoms with van der Waals surface area (Å²) in [4.78, 5) is 55.0. The van der Waals surface area contributed by atoms with Crippen LogP contribution in [-0.4, -0.2) is 41.5 Å². The third-order valence-electron chi connectivity index (χ3n) is 4.85. The van der Waals surface area contributed by atoms with Gasteiger partial charge < -0.3 is 14.8 Å². The Labute approximate surface area is 191 Å². The van der Waals surface area contributed by atoms with Crippen molar-refractivity contribution in [1.82, 2.24) is 9.38 Å². The topological polar surface area (TPSA) is 116 Å². The zero-order chi connectivity index (χ0) is 23.5. The molecule has 0 saturated carbocycles. The number of carbonyl (C=O) groups is 3. The highest BCUT2D eigenvalue weighted by atomic mass is 32.1. The number of aromatic nitrogens is 2. The molecule has 1 amide bonds. The van der Waals surface area contributed by atoms with E-state index in [0.717, 1.165) is 5.56 Å². The summed E-state index contributed by atoms with van der Waals surface area (Å²) >= 11 is 1.27. The van der Waals surface area contributed by atoms with Gasteiger partial charge in [0.05, 0.1) is 36.7 Å². The quantitative estimate of drug-likeness (QED) is 0.452. The third-order valence-corrected chi connectivity index (χ3v) is 5.69. The van der Waals surface area contributed by atoms with Crippen LogP contribution in [-0.2, 0) is 9.47 Å². The summed E-state index contributed by atoms with van der Waals surface area (Å²) in [6, 6.07) is 13.2. The highest BCUT2D eigenvalue weighted by molar-refractivity contribution is 7.15. The monoisotopic (exact) mass is 463 g/mol. The molecule has 0 aliphatic carbocycles. The summed E-state index contributed by atoms with van der Waals surface area (Å²) in [5, 5.41) is 4.31. The smallest absolute Gasteiger partial charge is 0.339 e. The fraction of sp³-hybridized carbons (Fsp3) is 0.0870. The molecule has 0 saturated heterocycles. The maximum Gasteiger partial charge on any atom is 0.339 e. The van der Waals surface area contributed by atoms with E-state index in [1.54, 1.807) is 5.38 Å². The lowest BCUT2D eigenvalue weighted by atomic mass is 10.1. The first-order valence-electron chi connectivity index (χ1n) is 9.61.